The van der Waals surface area contributed by atoms with Gasteiger partial charge in [-0.15, -0.1) is 0 Å². The molecule has 4 amide bonds. The highest BCUT2D eigenvalue weighted by Gasteiger charge is 2.41. The van der Waals surface area contributed by atoms with Crippen LogP contribution in [0, 0.1) is 0 Å². The van der Waals surface area contributed by atoms with E-state index in [2.05, 4.69) is 4.74 Å². The van der Waals surface area contributed by atoms with Gasteiger partial charge in [0.15, 0.2) is 6.29 Å². The summed E-state index contributed by atoms with van der Waals surface area (Å²) in [6, 6.07) is -0.740. The van der Waals surface area contributed by atoms with E-state index in [0.29, 0.717) is 0 Å². The van der Waals surface area contributed by atoms with E-state index in [1.54, 1.807) is 0 Å². The average molecular weight is 278 g/mol. The van der Waals surface area contributed by atoms with Crippen LogP contribution in [0.5, 0.6) is 0 Å². The minimum Gasteiger partial charge on any atom is -0.394 e. The lowest BCUT2D eigenvalue weighted by Gasteiger charge is -2.09. The zero-order chi connectivity index (χ0) is 14.6. The number of amides is 4. The molecule has 2 rings (SSSR count). The van der Waals surface area contributed by atoms with Crippen molar-refractivity contribution in [2.45, 2.75) is 31.0 Å². The molecule has 0 aliphatic carbocycles. The molecule has 0 bridgehead atoms. The van der Waals surface area contributed by atoms with Gasteiger partial charge in [-0.1, -0.05) is 0 Å². The standard InChI is InChI=1S/C5H10O5.C4H4N2O3/c6-1-2-3(7)4(8)5(9)10-2;7-2-1-3(8)6-4(9)5-2/h2-9H,1H2;1H2,(H2,5,6,7,8,9)/t2-,3-,4-,5?;/m1./s1. The lowest BCUT2D eigenvalue weighted by Crippen LogP contribution is -2.49. The molecule has 2 fully saturated rings. The van der Waals surface area contributed by atoms with Crippen LogP contribution in [0.4, 0.5) is 4.79 Å². The Bertz CT molecular complexity index is 328. The summed E-state index contributed by atoms with van der Waals surface area (Å²) in [4.78, 5) is 30.8. The van der Waals surface area contributed by atoms with Crippen molar-refractivity contribution >= 4 is 17.8 Å². The Labute approximate surface area is 107 Å². The van der Waals surface area contributed by atoms with Crippen LogP contribution in [0.15, 0.2) is 0 Å². The summed E-state index contributed by atoms with van der Waals surface area (Å²) in [5, 5.41) is 38.8. The minimum atomic E-state index is -1.38. The van der Waals surface area contributed by atoms with E-state index >= 15 is 0 Å². The van der Waals surface area contributed by atoms with Crippen LogP contribution < -0.4 is 10.6 Å². The number of urea groups is 1. The Morgan fingerprint density at radius 1 is 1.05 bits per heavy atom. The molecule has 10 heteroatoms. The third-order valence-electron chi connectivity index (χ3n) is 2.34. The van der Waals surface area contributed by atoms with Gasteiger partial charge in [0.1, 0.15) is 24.7 Å². The van der Waals surface area contributed by atoms with Crippen LogP contribution in [-0.2, 0) is 14.3 Å². The Balaban J connectivity index is 0.000000191. The summed E-state index contributed by atoms with van der Waals surface area (Å²) in [5.41, 5.74) is 0. The van der Waals surface area contributed by atoms with Crippen molar-refractivity contribution in [1.29, 1.82) is 0 Å². The van der Waals surface area contributed by atoms with E-state index < -0.39 is 49.1 Å². The van der Waals surface area contributed by atoms with Gasteiger partial charge in [-0.05, 0) is 0 Å². The molecular formula is C9H14N2O8. The second kappa shape index (κ2) is 6.54. The zero-order valence-electron chi connectivity index (χ0n) is 9.65. The molecule has 0 saturated carbocycles. The molecule has 0 radical (unpaired) electrons. The third kappa shape index (κ3) is 4.22. The van der Waals surface area contributed by atoms with E-state index in [-0.39, 0.29) is 6.42 Å². The fourth-order valence-electron chi connectivity index (χ4n) is 1.40. The predicted molar refractivity (Wildman–Crippen MR) is 56.3 cm³/mol. The summed E-state index contributed by atoms with van der Waals surface area (Å²) >= 11 is 0. The molecular weight excluding hydrogens is 264 g/mol. The Kier molecular flexibility index (Phi) is 5.32. The van der Waals surface area contributed by atoms with Gasteiger partial charge in [-0.2, -0.15) is 0 Å². The topological polar surface area (TPSA) is 165 Å². The first kappa shape index (κ1) is 15.5. The molecule has 108 valence electrons. The fourth-order valence-corrected chi connectivity index (χ4v) is 1.40. The summed E-state index contributed by atoms with van der Waals surface area (Å²) in [5.74, 6) is -1.10. The molecule has 2 aliphatic heterocycles. The number of nitrogens with one attached hydrogen (secondary N) is 2. The van der Waals surface area contributed by atoms with Crippen LogP contribution in [0.3, 0.4) is 0 Å². The number of barbiturate groups is 1. The lowest BCUT2D eigenvalue weighted by molar-refractivity contribution is -0.133. The highest BCUT2D eigenvalue weighted by molar-refractivity contribution is 6.14. The molecule has 19 heavy (non-hydrogen) atoms. The number of carbonyl (C=O) groups excluding carboxylic acids is 3. The molecule has 0 aromatic rings. The highest BCUT2D eigenvalue weighted by Crippen LogP contribution is 2.18. The monoisotopic (exact) mass is 278 g/mol. The van der Waals surface area contributed by atoms with Gasteiger partial charge in [-0.25, -0.2) is 4.79 Å². The van der Waals surface area contributed by atoms with Gasteiger partial charge in [0.25, 0.3) is 0 Å². The van der Waals surface area contributed by atoms with E-state index in [0.717, 1.165) is 0 Å². The first-order valence-electron chi connectivity index (χ1n) is 5.29. The molecule has 4 atom stereocenters. The minimum absolute atomic E-state index is 0.258. The summed E-state index contributed by atoms with van der Waals surface area (Å²) in [7, 11) is 0. The number of rotatable bonds is 1. The Hall–Kier alpha value is -1.59. The van der Waals surface area contributed by atoms with Crippen LogP contribution in [0.1, 0.15) is 6.42 Å². The number of hydrogen-bond donors (Lipinski definition) is 6. The maximum atomic E-state index is 10.3. The summed E-state index contributed by atoms with van der Waals surface area (Å²) in [6.07, 6.45) is -5.01. The van der Waals surface area contributed by atoms with Gasteiger partial charge in [0, 0.05) is 0 Å². The molecule has 2 saturated heterocycles. The summed E-state index contributed by atoms with van der Waals surface area (Å²) in [6.45, 7) is -0.407. The average Bonchev–Trinajstić information content (AvgIpc) is 2.55. The maximum absolute atomic E-state index is 10.3. The molecule has 2 aliphatic rings. The second-order valence-electron chi connectivity index (χ2n) is 3.83. The third-order valence-corrected chi connectivity index (χ3v) is 2.34. The second-order valence-corrected chi connectivity index (χ2v) is 3.83. The molecule has 2 heterocycles. The molecule has 0 aromatic carbocycles. The summed E-state index contributed by atoms with van der Waals surface area (Å²) < 4.78 is 4.54. The number of imide groups is 2. The first-order valence-corrected chi connectivity index (χ1v) is 5.29. The van der Waals surface area contributed by atoms with Gasteiger partial charge in [0.05, 0.1) is 6.61 Å². The van der Waals surface area contributed by atoms with Gasteiger partial charge < -0.3 is 25.2 Å². The number of ether oxygens (including phenoxy) is 1. The lowest BCUT2D eigenvalue weighted by atomic mass is 10.1. The molecule has 1 unspecified atom stereocenters. The predicted octanol–water partition coefficient (Wildman–Crippen LogP) is -3.84. The van der Waals surface area contributed by atoms with Crippen molar-refractivity contribution in [3.8, 4) is 0 Å². The van der Waals surface area contributed by atoms with Crippen molar-refractivity contribution in [3.63, 3.8) is 0 Å². The van der Waals surface area contributed by atoms with Gasteiger partial charge >= 0.3 is 6.03 Å². The number of carbonyl (C=O) groups is 3. The molecule has 10 nitrogen and oxygen atoms in total. The molecule has 0 spiro atoms. The van der Waals surface area contributed by atoms with Crippen molar-refractivity contribution in [3.05, 3.63) is 0 Å². The van der Waals surface area contributed by atoms with Gasteiger partial charge in [-0.3, -0.25) is 20.2 Å². The molecule has 6 N–H and O–H groups in total. The van der Waals surface area contributed by atoms with Crippen LogP contribution >= 0.6 is 0 Å². The maximum Gasteiger partial charge on any atom is 0.328 e. The van der Waals surface area contributed by atoms with E-state index in [9.17, 15) is 14.4 Å². The zero-order valence-corrected chi connectivity index (χ0v) is 9.65. The highest BCUT2D eigenvalue weighted by atomic mass is 16.6. The quantitative estimate of drug-likeness (QED) is 0.265. The Morgan fingerprint density at radius 2 is 1.58 bits per heavy atom. The SMILES string of the molecule is O=C1CC(=O)NC(=O)N1.OC[C@H]1OC(O)[C@H](O)[C@@H]1O. The van der Waals surface area contributed by atoms with Crippen molar-refractivity contribution < 1.29 is 39.5 Å². The first-order chi connectivity index (χ1) is 8.85. The van der Waals surface area contributed by atoms with Crippen LogP contribution in [0.2, 0.25) is 0 Å². The number of aliphatic hydroxyl groups excluding tert-OH is 4. The van der Waals surface area contributed by atoms with Gasteiger partial charge in [0.2, 0.25) is 11.8 Å². The van der Waals surface area contributed by atoms with Crippen molar-refractivity contribution in [1.82, 2.24) is 10.6 Å². The van der Waals surface area contributed by atoms with Crippen molar-refractivity contribution in [2.75, 3.05) is 6.61 Å². The normalized spacial score (nSPS) is 34.2. The van der Waals surface area contributed by atoms with Crippen LogP contribution in [0.25, 0.3) is 0 Å². The van der Waals surface area contributed by atoms with E-state index in [1.807, 2.05) is 10.6 Å². The smallest absolute Gasteiger partial charge is 0.328 e. The van der Waals surface area contributed by atoms with Crippen molar-refractivity contribution in [2.24, 2.45) is 0 Å². The number of hydrogen-bond acceptors (Lipinski definition) is 8. The van der Waals surface area contributed by atoms with E-state index in [4.69, 9.17) is 20.4 Å². The molecule has 0 aromatic heterocycles. The van der Waals surface area contributed by atoms with E-state index in [1.165, 1.54) is 0 Å². The Morgan fingerprint density at radius 3 is 1.84 bits per heavy atom. The largest absolute Gasteiger partial charge is 0.394 e. The van der Waals surface area contributed by atoms with Crippen LogP contribution in [-0.4, -0.2) is 69.5 Å². The fraction of sp³-hybridized carbons (Fsp3) is 0.667. The number of aliphatic hydroxyl groups is 4.